The van der Waals surface area contributed by atoms with Gasteiger partial charge < -0.3 is 30.7 Å². The van der Waals surface area contributed by atoms with Gasteiger partial charge in [-0.05, 0) is 66.3 Å². The number of pyridine rings is 1. The smallest absolute Gasteiger partial charge is 0.262 e. The number of carbonyl (C=O) groups is 8. The summed E-state index contributed by atoms with van der Waals surface area (Å²) in [6.07, 6.45) is 5.63. The monoisotopic (exact) mass is 951 g/mol. The maximum absolute atomic E-state index is 13.1. The minimum atomic E-state index is -3.55. The Morgan fingerprint density at radius 1 is 0.896 bits per heavy atom. The fraction of sp³-hybridized carbons (Fsp3) is 0.273. The number of imide groups is 2. The van der Waals surface area contributed by atoms with Crippen molar-refractivity contribution in [3.63, 3.8) is 0 Å². The van der Waals surface area contributed by atoms with E-state index in [4.69, 9.17) is 9.47 Å². The highest BCUT2D eigenvalue weighted by Gasteiger charge is 2.45. The second-order valence-electron chi connectivity index (χ2n) is 15.7. The van der Waals surface area contributed by atoms with Crippen LogP contribution in [0.15, 0.2) is 84.6 Å². The Hall–Kier alpha value is -7.79. The van der Waals surface area contributed by atoms with Gasteiger partial charge in [-0.15, -0.1) is 11.3 Å². The van der Waals surface area contributed by atoms with Crippen molar-refractivity contribution in [3.05, 3.63) is 101 Å². The number of amides is 8. The molecule has 5 N–H and O–H groups in total. The zero-order valence-corrected chi connectivity index (χ0v) is 37.1. The SMILES string of the molecule is CS(=O)(=O)n1ccc(C(=O)NCC(=O)Nc2nc(-c3cccc(-c4ccnc(OCCNC(=O)C5CC5CNC(=O)COc5ccc6c(c5)C(=O)N(C5CCC(=O)NC5=O)C6=O)c4)c3)cs2)c1. The van der Waals surface area contributed by atoms with Gasteiger partial charge in [-0.2, -0.15) is 0 Å². The van der Waals surface area contributed by atoms with Crippen molar-refractivity contribution in [3.8, 4) is 34.0 Å². The van der Waals surface area contributed by atoms with Crippen LogP contribution in [0.25, 0.3) is 22.4 Å². The number of hydrogen-bond donors (Lipinski definition) is 5. The average molecular weight is 952 g/mol. The molecule has 1 saturated heterocycles. The quantitative estimate of drug-likeness (QED) is 0.0616. The van der Waals surface area contributed by atoms with E-state index in [-0.39, 0.29) is 85.9 Å². The Morgan fingerprint density at radius 2 is 1.69 bits per heavy atom. The van der Waals surface area contributed by atoms with Crippen molar-refractivity contribution in [1.82, 2.24) is 40.1 Å². The van der Waals surface area contributed by atoms with E-state index < -0.39 is 57.4 Å². The topological polar surface area (TPSA) is 283 Å². The number of aromatic nitrogens is 3. The summed E-state index contributed by atoms with van der Waals surface area (Å²) in [7, 11) is -3.55. The number of rotatable bonds is 18. The average Bonchev–Trinajstić information content (AvgIpc) is 3.55. The third-order valence-corrected chi connectivity index (χ3v) is 12.7. The number of ether oxygens (including phenoxy) is 2. The molecule has 5 heterocycles. The zero-order chi connectivity index (χ0) is 47.4. The van der Waals surface area contributed by atoms with Crippen LogP contribution in [0, 0.1) is 11.8 Å². The molecule has 2 aromatic carbocycles. The number of hydrogen-bond acceptors (Lipinski definition) is 15. The molecule has 2 aliphatic heterocycles. The third kappa shape index (κ3) is 10.8. The number of benzene rings is 2. The molecule has 67 heavy (non-hydrogen) atoms. The maximum Gasteiger partial charge on any atom is 0.262 e. The first kappa shape index (κ1) is 45.8. The van der Waals surface area contributed by atoms with Crippen molar-refractivity contribution < 1.29 is 56.2 Å². The highest BCUT2D eigenvalue weighted by Crippen LogP contribution is 2.38. The van der Waals surface area contributed by atoms with Crippen molar-refractivity contribution in [2.24, 2.45) is 11.8 Å². The fourth-order valence-electron chi connectivity index (χ4n) is 7.37. The number of nitrogens with zero attached hydrogens (tertiary/aromatic N) is 4. The summed E-state index contributed by atoms with van der Waals surface area (Å²) in [5.74, 6) is -4.09. The van der Waals surface area contributed by atoms with Crippen LogP contribution in [0.5, 0.6) is 11.6 Å². The number of carbonyl (C=O) groups excluding carboxylic acids is 8. The van der Waals surface area contributed by atoms with Crippen LogP contribution < -0.4 is 36.1 Å². The second kappa shape index (κ2) is 19.4. The lowest BCUT2D eigenvalue weighted by Gasteiger charge is -2.27. The lowest BCUT2D eigenvalue weighted by atomic mass is 10.0. The Bertz CT molecular complexity index is 2950. The van der Waals surface area contributed by atoms with Crippen LogP contribution in [-0.4, -0.2) is 120 Å². The van der Waals surface area contributed by atoms with Crippen LogP contribution in [0.2, 0.25) is 0 Å². The highest BCUT2D eigenvalue weighted by molar-refractivity contribution is 7.89. The van der Waals surface area contributed by atoms with E-state index in [1.165, 1.54) is 41.8 Å². The first-order valence-electron chi connectivity index (χ1n) is 20.8. The highest BCUT2D eigenvalue weighted by atomic mass is 32.2. The molecule has 23 heteroatoms. The molecule has 2 fully saturated rings. The molecule has 3 aliphatic rings. The zero-order valence-electron chi connectivity index (χ0n) is 35.5. The largest absolute Gasteiger partial charge is 0.484 e. The molecule has 3 unspecified atom stereocenters. The summed E-state index contributed by atoms with van der Waals surface area (Å²) in [6, 6.07) is 15.6. The van der Waals surface area contributed by atoms with E-state index in [1.807, 2.05) is 30.3 Å². The van der Waals surface area contributed by atoms with Gasteiger partial charge in [0.25, 0.3) is 23.6 Å². The fourth-order valence-corrected chi connectivity index (χ4v) is 8.70. The summed E-state index contributed by atoms with van der Waals surface area (Å²) in [5.41, 5.74) is 3.26. The summed E-state index contributed by atoms with van der Waals surface area (Å²) in [6.45, 7) is -0.111. The van der Waals surface area contributed by atoms with E-state index in [0.717, 1.165) is 38.0 Å². The van der Waals surface area contributed by atoms with Crippen molar-refractivity contribution in [2.75, 3.05) is 44.4 Å². The number of thiazole rings is 1. The van der Waals surface area contributed by atoms with Gasteiger partial charge in [0.05, 0.1) is 41.7 Å². The normalized spacial score (nSPS) is 17.6. The minimum absolute atomic E-state index is 0.00165. The number of anilines is 1. The molecule has 21 nitrogen and oxygen atoms in total. The Kier molecular flexibility index (Phi) is 13.2. The van der Waals surface area contributed by atoms with Gasteiger partial charge in [0.2, 0.25) is 39.5 Å². The first-order chi connectivity index (χ1) is 32.1. The third-order valence-electron chi connectivity index (χ3n) is 11.0. The summed E-state index contributed by atoms with van der Waals surface area (Å²) in [5, 5.41) is 15.0. The summed E-state index contributed by atoms with van der Waals surface area (Å²) in [4.78, 5) is 110. The molecular formula is C44H41N9O12S2. The second-order valence-corrected chi connectivity index (χ2v) is 18.5. The van der Waals surface area contributed by atoms with Gasteiger partial charge in [-0.3, -0.25) is 52.5 Å². The Balaban J connectivity index is 0.732. The summed E-state index contributed by atoms with van der Waals surface area (Å²) >= 11 is 1.21. The molecule has 8 rings (SSSR count). The minimum Gasteiger partial charge on any atom is -0.484 e. The van der Waals surface area contributed by atoms with Crippen molar-refractivity contribution >= 4 is 73.7 Å². The number of nitrogens with one attached hydrogen (secondary N) is 5. The van der Waals surface area contributed by atoms with Gasteiger partial charge >= 0.3 is 0 Å². The predicted octanol–water partition coefficient (Wildman–Crippen LogP) is 1.58. The van der Waals surface area contributed by atoms with Crippen LogP contribution in [-0.2, 0) is 34.0 Å². The van der Waals surface area contributed by atoms with Gasteiger partial charge in [0, 0.05) is 54.5 Å². The standard InChI is InChI=1S/C44H41N9O12S2/c1-67(62,63)52-13-10-27(21-52)39(57)48-20-36(55)51-44-49-33(23-66-44)26-4-2-3-24(15-26)25-9-11-45-38(17-25)64-14-12-46-40(58)31-16-28(31)19-47-37(56)22-65-29-5-6-30-32(18-29)43(61)53(42(30)60)34-7-8-35(54)50-41(34)59/h2-6,9-11,13,15,17-18,21,23,28,31,34H,7-8,12,14,16,19-20,22H2,1H3,(H,46,58)(H,47,56)(H,48,57)(H,49,51,55)(H,50,54,59). The predicted molar refractivity (Wildman–Crippen MR) is 238 cm³/mol. The Morgan fingerprint density at radius 3 is 2.48 bits per heavy atom. The molecule has 0 bridgehead atoms. The molecule has 0 spiro atoms. The van der Waals surface area contributed by atoms with Crippen LogP contribution >= 0.6 is 11.3 Å². The van der Waals surface area contributed by atoms with E-state index in [1.54, 1.807) is 17.6 Å². The molecule has 1 aliphatic carbocycles. The van der Waals surface area contributed by atoms with Crippen LogP contribution in [0.4, 0.5) is 5.13 Å². The van der Waals surface area contributed by atoms with Crippen LogP contribution in [0.3, 0.4) is 0 Å². The number of piperidine rings is 1. The van der Waals surface area contributed by atoms with Crippen LogP contribution in [0.1, 0.15) is 50.3 Å². The Labute approximate surface area is 385 Å². The molecular weight excluding hydrogens is 911 g/mol. The van der Waals surface area contributed by atoms with E-state index >= 15 is 0 Å². The lowest BCUT2D eigenvalue weighted by Crippen LogP contribution is -2.54. The maximum atomic E-state index is 13.1. The first-order valence-corrected chi connectivity index (χ1v) is 23.5. The van der Waals surface area contributed by atoms with Crippen molar-refractivity contribution in [2.45, 2.75) is 25.3 Å². The molecule has 8 amide bonds. The molecule has 1 saturated carbocycles. The molecule has 346 valence electrons. The summed E-state index contributed by atoms with van der Waals surface area (Å²) < 4.78 is 35.6. The van der Waals surface area contributed by atoms with Gasteiger partial charge in [0.1, 0.15) is 18.4 Å². The lowest BCUT2D eigenvalue weighted by molar-refractivity contribution is -0.136. The van der Waals surface area contributed by atoms with E-state index in [0.29, 0.717) is 23.1 Å². The molecule has 3 aromatic heterocycles. The van der Waals surface area contributed by atoms with Gasteiger partial charge in [-0.25, -0.2) is 18.4 Å². The number of fused-ring (bicyclic) bond motifs is 1. The molecule has 0 radical (unpaired) electrons. The molecule has 3 atom stereocenters. The molecule has 5 aromatic rings. The van der Waals surface area contributed by atoms with Crippen molar-refractivity contribution in [1.29, 1.82) is 0 Å². The van der Waals surface area contributed by atoms with E-state index in [9.17, 15) is 46.8 Å². The van der Waals surface area contributed by atoms with Gasteiger partial charge in [-0.1, -0.05) is 18.2 Å². The van der Waals surface area contributed by atoms with E-state index in [2.05, 4.69) is 36.6 Å². The van der Waals surface area contributed by atoms with Gasteiger partial charge in [0.15, 0.2) is 11.7 Å².